The summed E-state index contributed by atoms with van der Waals surface area (Å²) < 4.78 is 4.71. The first kappa shape index (κ1) is 12.7. The van der Waals surface area contributed by atoms with Crippen molar-refractivity contribution in [1.29, 1.82) is 0 Å². The van der Waals surface area contributed by atoms with Crippen LogP contribution in [0.2, 0.25) is 0 Å². The number of carboxylic acid groups (broad SMARTS) is 1. The summed E-state index contributed by atoms with van der Waals surface area (Å²) in [6, 6.07) is 0. The minimum Gasteiger partial charge on any atom is -0.481 e. The zero-order valence-corrected chi connectivity index (χ0v) is 8.58. The van der Waals surface area contributed by atoms with Gasteiger partial charge in [0.05, 0.1) is 6.61 Å². The minimum atomic E-state index is -0.811. The molecule has 0 heterocycles. The molecule has 0 saturated heterocycles. The van der Waals surface area contributed by atoms with E-state index in [4.69, 9.17) is 9.84 Å². The number of carboxylic acids is 1. The Morgan fingerprint density at radius 2 is 2.00 bits per heavy atom. The zero-order chi connectivity index (χ0) is 11.0. The van der Waals surface area contributed by atoms with E-state index in [1.807, 2.05) is 0 Å². The van der Waals surface area contributed by atoms with E-state index >= 15 is 0 Å². The Bertz CT molecular complexity index is 230. The van der Waals surface area contributed by atoms with Gasteiger partial charge >= 0.3 is 11.9 Å². The number of carbonyl (C=O) groups excluding carboxylic acids is 1. The second kappa shape index (κ2) is 7.12. The summed E-state index contributed by atoms with van der Waals surface area (Å²) in [7, 11) is 0. The average Bonchev–Trinajstić information content (AvgIpc) is 2.03. The lowest BCUT2D eigenvalue weighted by atomic mass is 10.1. The largest absolute Gasteiger partial charge is 0.481 e. The number of esters is 1. The number of hydrogen-bond donors (Lipinski definition) is 1. The molecule has 0 unspecified atom stereocenters. The van der Waals surface area contributed by atoms with E-state index in [-0.39, 0.29) is 12.4 Å². The molecular formula is C10H16O4. The molecular weight excluding hydrogens is 184 g/mol. The number of allylic oxidation sites excluding steroid dienone is 1. The van der Waals surface area contributed by atoms with E-state index in [9.17, 15) is 9.59 Å². The summed E-state index contributed by atoms with van der Waals surface area (Å²) in [5.41, 5.74) is 0.852. The number of rotatable bonds is 6. The van der Waals surface area contributed by atoms with Crippen molar-refractivity contribution in [1.82, 2.24) is 0 Å². The molecule has 0 radical (unpaired) electrons. The highest BCUT2D eigenvalue weighted by Crippen LogP contribution is 2.06. The van der Waals surface area contributed by atoms with Crippen molar-refractivity contribution in [2.75, 3.05) is 6.61 Å². The van der Waals surface area contributed by atoms with E-state index in [1.54, 1.807) is 13.8 Å². The quantitative estimate of drug-likeness (QED) is 0.524. The molecule has 0 aliphatic rings. The van der Waals surface area contributed by atoms with Crippen LogP contribution in [-0.2, 0) is 14.3 Å². The Kier molecular flexibility index (Phi) is 6.45. The van der Waals surface area contributed by atoms with Crippen LogP contribution in [0.5, 0.6) is 0 Å². The van der Waals surface area contributed by atoms with Crippen molar-refractivity contribution >= 4 is 11.9 Å². The SMILES string of the molecule is CCOC(=O)/C=C(\C)CCCC(=O)O. The van der Waals surface area contributed by atoms with Crippen LogP contribution in [-0.4, -0.2) is 23.7 Å². The lowest BCUT2D eigenvalue weighted by Crippen LogP contribution is -2.01. The van der Waals surface area contributed by atoms with Gasteiger partial charge in [-0.1, -0.05) is 5.57 Å². The third kappa shape index (κ3) is 7.34. The van der Waals surface area contributed by atoms with Gasteiger partial charge < -0.3 is 9.84 Å². The number of ether oxygens (including phenoxy) is 1. The summed E-state index contributed by atoms with van der Waals surface area (Å²) in [6.07, 6.45) is 2.71. The van der Waals surface area contributed by atoms with E-state index in [2.05, 4.69) is 0 Å². The third-order valence-corrected chi connectivity index (χ3v) is 1.61. The predicted octanol–water partition coefficient (Wildman–Crippen LogP) is 1.75. The summed E-state index contributed by atoms with van der Waals surface area (Å²) in [5, 5.41) is 8.38. The van der Waals surface area contributed by atoms with Gasteiger partial charge in [-0.25, -0.2) is 4.79 Å². The molecule has 0 aromatic rings. The summed E-state index contributed by atoms with van der Waals surface area (Å²) >= 11 is 0. The average molecular weight is 200 g/mol. The molecule has 0 spiro atoms. The van der Waals surface area contributed by atoms with E-state index in [0.29, 0.717) is 19.4 Å². The first-order chi connectivity index (χ1) is 6.56. The molecule has 1 N–H and O–H groups in total. The fourth-order valence-corrected chi connectivity index (χ4v) is 0.976. The number of aliphatic carboxylic acids is 1. The molecule has 0 amide bonds. The monoisotopic (exact) mass is 200 g/mol. The van der Waals surface area contributed by atoms with Gasteiger partial charge in [-0.15, -0.1) is 0 Å². The first-order valence-electron chi connectivity index (χ1n) is 4.62. The van der Waals surface area contributed by atoms with Crippen molar-refractivity contribution in [3.8, 4) is 0 Å². The van der Waals surface area contributed by atoms with Crippen LogP contribution < -0.4 is 0 Å². The normalized spacial score (nSPS) is 11.1. The Labute approximate surface area is 83.6 Å². The van der Waals surface area contributed by atoms with Gasteiger partial charge in [-0.3, -0.25) is 4.79 Å². The molecule has 0 bridgehead atoms. The zero-order valence-electron chi connectivity index (χ0n) is 8.58. The molecule has 14 heavy (non-hydrogen) atoms. The van der Waals surface area contributed by atoms with E-state index in [1.165, 1.54) is 6.08 Å². The highest BCUT2D eigenvalue weighted by Gasteiger charge is 2.00. The van der Waals surface area contributed by atoms with Gasteiger partial charge in [0.15, 0.2) is 0 Å². The van der Waals surface area contributed by atoms with Gasteiger partial charge in [0, 0.05) is 12.5 Å². The highest BCUT2D eigenvalue weighted by molar-refractivity contribution is 5.82. The third-order valence-electron chi connectivity index (χ3n) is 1.61. The summed E-state index contributed by atoms with van der Waals surface area (Å²) in [5.74, 6) is -1.17. The number of carbonyl (C=O) groups is 2. The Morgan fingerprint density at radius 3 is 2.50 bits per heavy atom. The van der Waals surface area contributed by atoms with Crippen molar-refractivity contribution < 1.29 is 19.4 Å². The van der Waals surface area contributed by atoms with Crippen molar-refractivity contribution in [2.24, 2.45) is 0 Å². The molecule has 4 nitrogen and oxygen atoms in total. The second-order valence-corrected chi connectivity index (χ2v) is 2.99. The molecule has 0 rings (SSSR count). The van der Waals surface area contributed by atoms with Crippen LogP contribution in [0.3, 0.4) is 0 Å². The topological polar surface area (TPSA) is 63.6 Å². The fourth-order valence-electron chi connectivity index (χ4n) is 0.976. The molecule has 0 atom stereocenters. The lowest BCUT2D eigenvalue weighted by Gasteiger charge is -2.00. The molecule has 0 aliphatic carbocycles. The van der Waals surface area contributed by atoms with Gasteiger partial charge in [-0.2, -0.15) is 0 Å². The van der Waals surface area contributed by atoms with Gasteiger partial charge in [0.2, 0.25) is 0 Å². The minimum absolute atomic E-state index is 0.133. The van der Waals surface area contributed by atoms with E-state index < -0.39 is 5.97 Å². The molecule has 0 aromatic heterocycles. The van der Waals surface area contributed by atoms with Crippen LogP contribution in [0.15, 0.2) is 11.6 Å². The van der Waals surface area contributed by atoms with Crippen LogP contribution in [0, 0.1) is 0 Å². The van der Waals surface area contributed by atoms with E-state index in [0.717, 1.165) is 5.57 Å². The Hall–Kier alpha value is -1.32. The molecule has 0 aromatic carbocycles. The Morgan fingerprint density at radius 1 is 1.36 bits per heavy atom. The smallest absolute Gasteiger partial charge is 0.330 e. The molecule has 80 valence electrons. The van der Waals surface area contributed by atoms with Crippen molar-refractivity contribution in [3.05, 3.63) is 11.6 Å². The van der Waals surface area contributed by atoms with Crippen molar-refractivity contribution in [3.63, 3.8) is 0 Å². The fraction of sp³-hybridized carbons (Fsp3) is 0.600. The molecule has 0 fully saturated rings. The lowest BCUT2D eigenvalue weighted by molar-refractivity contribution is -0.138. The standard InChI is InChI=1S/C10H16O4/c1-3-14-10(13)7-8(2)5-4-6-9(11)12/h7H,3-6H2,1-2H3,(H,11,12)/b8-7+. The summed E-state index contributed by atoms with van der Waals surface area (Å²) in [4.78, 5) is 21.1. The van der Waals surface area contributed by atoms with Gasteiger partial charge in [-0.05, 0) is 26.7 Å². The van der Waals surface area contributed by atoms with Crippen molar-refractivity contribution in [2.45, 2.75) is 33.1 Å². The summed E-state index contributed by atoms with van der Waals surface area (Å²) in [6.45, 7) is 3.89. The maximum Gasteiger partial charge on any atom is 0.330 e. The van der Waals surface area contributed by atoms with Crippen LogP contribution in [0.25, 0.3) is 0 Å². The highest BCUT2D eigenvalue weighted by atomic mass is 16.5. The molecule has 0 aliphatic heterocycles. The van der Waals surface area contributed by atoms with Crippen LogP contribution in [0.1, 0.15) is 33.1 Å². The first-order valence-corrected chi connectivity index (χ1v) is 4.62. The Balaban J connectivity index is 3.76. The maximum atomic E-state index is 10.9. The van der Waals surface area contributed by atoms with Crippen LogP contribution in [0.4, 0.5) is 0 Å². The number of hydrogen-bond acceptors (Lipinski definition) is 3. The predicted molar refractivity (Wildman–Crippen MR) is 51.9 cm³/mol. The maximum absolute atomic E-state index is 10.9. The molecule has 0 saturated carbocycles. The van der Waals surface area contributed by atoms with Gasteiger partial charge in [0.1, 0.15) is 0 Å². The second-order valence-electron chi connectivity index (χ2n) is 2.99. The molecule has 4 heteroatoms. The van der Waals surface area contributed by atoms with Gasteiger partial charge in [0.25, 0.3) is 0 Å². The van der Waals surface area contributed by atoms with Crippen LogP contribution >= 0.6 is 0 Å².